The summed E-state index contributed by atoms with van der Waals surface area (Å²) in [5.41, 5.74) is 5.59. The van der Waals surface area contributed by atoms with Crippen LogP contribution in [0.2, 0.25) is 0 Å². The molecule has 0 atom stereocenters. The van der Waals surface area contributed by atoms with Crippen LogP contribution in [0.5, 0.6) is 0 Å². The quantitative estimate of drug-likeness (QED) is 0.560. The first-order valence-corrected chi connectivity index (χ1v) is 5.38. The maximum atomic E-state index is 10.9. The Kier molecular flexibility index (Phi) is 2.44. The number of rotatable bonds is 1. The molecule has 12 heavy (non-hydrogen) atoms. The molecule has 0 aromatic rings. The van der Waals surface area contributed by atoms with E-state index in [0.717, 1.165) is 0 Å². The molecule has 6 heteroatoms. The van der Waals surface area contributed by atoms with Gasteiger partial charge in [0.15, 0.2) is 0 Å². The lowest BCUT2D eigenvalue weighted by Crippen LogP contribution is -2.51. The molecular formula is C6H15N3O2S. The molecule has 72 valence electrons. The summed E-state index contributed by atoms with van der Waals surface area (Å²) in [5, 5.41) is 4.96. The third-order valence-electron chi connectivity index (χ3n) is 2.22. The summed E-state index contributed by atoms with van der Waals surface area (Å²) in [7, 11) is -3.50. The Morgan fingerprint density at radius 2 is 1.75 bits per heavy atom. The van der Waals surface area contributed by atoms with Crippen molar-refractivity contribution in [2.24, 2.45) is 10.9 Å². The fourth-order valence-corrected chi connectivity index (χ4v) is 1.94. The molecule has 0 aromatic heterocycles. The van der Waals surface area contributed by atoms with Crippen molar-refractivity contribution in [3.8, 4) is 0 Å². The summed E-state index contributed by atoms with van der Waals surface area (Å²) >= 11 is 0. The van der Waals surface area contributed by atoms with Crippen LogP contribution in [0.15, 0.2) is 0 Å². The zero-order valence-electron chi connectivity index (χ0n) is 7.16. The second-order valence-electron chi connectivity index (χ2n) is 3.60. The van der Waals surface area contributed by atoms with E-state index in [1.807, 2.05) is 6.92 Å². The number of nitrogens with zero attached hydrogens (tertiary/aromatic N) is 1. The average Bonchev–Trinajstić information content (AvgIpc) is 1.83. The molecule has 0 amide bonds. The maximum absolute atomic E-state index is 10.9. The van der Waals surface area contributed by atoms with Crippen LogP contribution in [0, 0.1) is 0 Å². The highest BCUT2D eigenvalue weighted by Gasteiger charge is 2.30. The van der Waals surface area contributed by atoms with Gasteiger partial charge in [-0.3, -0.25) is 0 Å². The van der Waals surface area contributed by atoms with Crippen LogP contribution in [0.1, 0.15) is 19.8 Å². The number of piperidine rings is 1. The van der Waals surface area contributed by atoms with Crippen LogP contribution >= 0.6 is 0 Å². The molecule has 1 rings (SSSR count). The molecular weight excluding hydrogens is 178 g/mol. The van der Waals surface area contributed by atoms with Gasteiger partial charge in [-0.15, -0.1) is 0 Å². The predicted octanol–water partition coefficient (Wildman–Crippen LogP) is -0.997. The predicted molar refractivity (Wildman–Crippen MR) is 46.5 cm³/mol. The molecule has 0 aromatic carbocycles. The van der Waals surface area contributed by atoms with Crippen LogP contribution in [-0.4, -0.2) is 31.4 Å². The molecule has 1 saturated heterocycles. The Morgan fingerprint density at radius 3 is 2.08 bits per heavy atom. The van der Waals surface area contributed by atoms with Gasteiger partial charge in [-0.25, -0.2) is 5.14 Å². The largest absolute Gasteiger partial charge is 0.325 e. The van der Waals surface area contributed by atoms with E-state index in [-0.39, 0.29) is 5.54 Å². The Hall–Kier alpha value is -0.170. The van der Waals surface area contributed by atoms with Crippen molar-refractivity contribution >= 4 is 10.2 Å². The van der Waals surface area contributed by atoms with Gasteiger partial charge in [0.25, 0.3) is 10.2 Å². The minimum Gasteiger partial charge on any atom is -0.325 e. The summed E-state index contributed by atoms with van der Waals surface area (Å²) in [5.74, 6) is 0. The van der Waals surface area contributed by atoms with Gasteiger partial charge in [0.1, 0.15) is 0 Å². The standard InChI is InChI=1S/C6H15N3O2S/c1-6(7)2-4-9(5-3-6)12(8,10)11/h2-5,7H2,1H3,(H2,8,10,11). The first kappa shape index (κ1) is 9.91. The van der Waals surface area contributed by atoms with E-state index in [1.54, 1.807) is 0 Å². The molecule has 1 aliphatic rings. The zero-order valence-corrected chi connectivity index (χ0v) is 7.97. The molecule has 4 N–H and O–H groups in total. The SMILES string of the molecule is CC1(N)CCN(S(N)(=O)=O)CC1. The zero-order chi connectivity index (χ0) is 9.41. The van der Waals surface area contributed by atoms with Gasteiger partial charge in [-0.1, -0.05) is 0 Å². The van der Waals surface area contributed by atoms with Crippen molar-refractivity contribution in [3.05, 3.63) is 0 Å². The first-order valence-electron chi connectivity index (χ1n) is 3.88. The monoisotopic (exact) mass is 193 g/mol. The molecule has 0 bridgehead atoms. The minimum absolute atomic E-state index is 0.235. The maximum Gasteiger partial charge on any atom is 0.276 e. The van der Waals surface area contributed by atoms with Crippen molar-refractivity contribution in [1.29, 1.82) is 0 Å². The number of nitrogens with two attached hydrogens (primary N) is 2. The number of hydrogen-bond donors (Lipinski definition) is 2. The fraction of sp³-hybridized carbons (Fsp3) is 1.00. The third-order valence-corrected chi connectivity index (χ3v) is 3.31. The van der Waals surface area contributed by atoms with Gasteiger partial charge in [-0.2, -0.15) is 12.7 Å². The molecule has 1 aliphatic heterocycles. The van der Waals surface area contributed by atoms with E-state index in [2.05, 4.69) is 0 Å². The van der Waals surface area contributed by atoms with E-state index < -0.39 is 10.2 Å². The van der Waals surface area contributed by atoms with E-state index in [9.17, 15) is 8.42 Å². The van der Waals surface area contributed by atoms with Crippen molar-refractivity contribution in [2.45, 2.75) is 25.3 Å². The third kappa shape index (κ3) is 2.41. The first-order chi connectivity index (χ1) is 5.31. The lowest BCUT2D eigenvalue weighted by atomic mass is 9.92. The Morgan fingerprint density at radius 1 is 1.33 bits per heavy atom. The Bertz CT molecular complexity index is 250. The van der Waals surface area contributed by atoms with Crippen molar-refractivity contribution in [2.75, 3.05) is 13.1 Å². The van der Waals surface area contributed by atoms with Gasteiger partial charge < -0.3 is 5.73 Å². The Balaban J connectivity index is 2.59. The highest BCUT2D eigenvalue weighted by Crippen LogP contribution is 2.19. The second kappa shape index (κ2) is 2.95. The van der Waals surface area contributed by atoms with Crippen LogP contribution in [0.25, 0.3) is 0 Å². The smallest absolute Gasteiger partial charge is 0.276 e. The van der Waals surface area contributed by atoms with Crippen LogP contribution in [0.4, 0.5) is 0 Å². The van der Waals surface area contributed by atoms with Gasteiger partial charge >= 0.3 is 0 Å². The fourth-order valence-electron chi connectivity index (χ4n) is 1.25. The highest BCUT2D eigenvalue weighted by molar-refractivity contribution is 7.86. The Labute approximate surface area is 72.9 Å². The van der Waals surface area contributed by atoms with Gasteiger partial charge in [0.05, 0.1) is 0 Å². The van der Waals surface area contributed by atoms with Gasteiger partial charge in [-0.05, 0) is 19.8 Å². The van der Waals surface area contributed by atoms with Crippen LogP contribution < -0.4 is 10.9 Å². The minimum atomic E-state index is -3.50. The molecule has 0 unspecified atom stereocenters. The van der Waals surface area contributed by atoms with Gasteiger partial charge in [0, 0.05) is 18.6 Å². The molecule has 1 heterocycles. The lowest BCUT2D eigenvalue weighted by molar-refractivity contribution is 0.252. The highest BCUT2D eigenvalue weighted by atomic mass is 32.2. The van der Waals surface area contributed by atoms with E-state index in [4.69, 9.17) is 10.9 Å². The summed E-state index contributed by atoms with van der Waals surface area (Å²) in [6.07, 6.45) is 1.34. The molecule has 0 aliphatic carbocycles. The molecule has 0 spiro atoms. The molecule has 1 fully saturated rings. The second-order valence-corrected chi connectivity index (χ2v) is 5.14. The summed E-state index contributed by atoms with van der Waals surface area (Å²) in [6, 6.07) is 0. The lowest BCUT2D eigenvalue weighted by Gasteiger charge is -2.34. The summed E-state index contributed by atoms with van der Waals surface area (Å²) in [6.45, 7) is 2.80. The van der Waals surface area contributed by atoms with E-state index >= 15 is 0 Å². The normalized spacial score (nSPS) is 25.6. The number of hydrogen-bond acceptors (Lipinski definition) is 3. The molecule has 5 nitrogen and oxygen atoms in total. The van der Waals surface area contributed by atoms with E-state index in [0.29, 0.717) is 25.9 Å². The van der Waals surface area contributed by atoms with Crippen molar-refractivity contribution in [3.63, 3.8) is 0 Å². The molecule has 0 radical (unpaired) electrons. The topological polar surface area (TPSA) is 89.4 Å². The van der Waals surface area contributed by atoms with Gasteiger partial charge in [0.2, 0.25) is 0 Å². The van der Waals surface area contributed by atoms with Crippen LogP contribution in [0.3, 0.4) is 0 Å². The molecule has 0 saturated carbocycles. The van der Waals surface area contributed by atoms with Crippen molar-refractivity contribution in [1.82, 2.24) is 4.31 Å². The van der Waals surface area contributed by atoms with E-state index in [1.165, 1.54) is 4.31 Å². The van der Waals surface area contributed by atoms with Crippen LogP contribution in [-0.2, 0) is 10.2 Å². The summed E-state index contributed by atoms with van der Waals surface area (Å²) < 4.78 is 23.0. The van der Waals surface area contributed by atoms with Crippen molar-refractivity contribution < 1.29 is 8.42 Å². The average molecular weight is 193 g/mol. The summed E-state index contributed by atoms with van der Waals surface area (Å²) in [4.78, 5) is 0.